The van der Waals surface area contributed by atoms with Gasteiger partial charge in [0.1, 0.15) is 5.82 Å². The zero-order chi connectivity index (χ0) is 17.1. The van der Waals surface area contributed by atoms with Crippen molar-refractivity contribution in [2.75, 3.05) is 19.6 Å². The Morgan fingerprint density at radius 1 is 1.21 bits per heavy atom. The van der Waals surface area contributed by atoms with Gasteiger partial charge in [0.2, 0.25) is 0 Å². The molecule has 0 spiro atoms. The van der Waals surface area contributed by atoms with Crippen molar-refractivity contribution in [1.29, 1.82) is 0 Å². The van der Waals surface area contributed by atoms with Crippen LogP contribution in [0, 0.1) is 0 Å². The second-order valence-electron chi connectivity index (χ2n) is 7.01. The number of para-hydroxylation sites is 2. The van der Waals surface area contributed by atoms with Gasteiger partial charge in [-0.15, -0.1) is 0 Å². The summed E-state index contributed by atoms with van der Waals surface area (Å²) in [4.78, 5) is 7.05. The maximum absolute atomic E-state index is 10.7. The molecular formula is C19H29N3O2. The van der Waals surface area contributed by atoms with Crippen molar-refractivity contribution >= 4 is 11.0 Å². The number of rotatable bonds is 6. The number of aliphatic hydroxyl groups excluding tert-OH is 1. The van der Waals surface area contributed by atoms with Gasteiger partial charge in [0.15, 0.2) is 0 Å². The van der Waals surface area contributed by atoms with Gasteiger partial charge in [-0.2, -0.15) is 0 Å². The van der Waals surface area contributed by atoms with Crippen molar-refractivity contribution < 1.29 is 9.84 Å². The standard InChI is InChI=1S/C19H29N3O2/c1-4-7-19-20-17-8-5-6-9-18(17)22(19)13-16(23)12-21-10-14(2)24-15(3)11-21/h5-6,8-9,14-16,23H,4,7,10-13H2,1-3H3. The van der Waals surface area contributed by atoms with Crippen LogP contribution >= 0.6 is 0 Å². The molecule has 3 rings (SSSR count). The first-order chi connectivity index (χ1) is 11.6. The third-order valence-electron chi connectivity index (χ3n) is 4.56. The molecule has 24 heavy (non-hydrogen) atoms. The molecule has 1 aromatic heterocycles. The molecule has 1 aliphatic rings. The van der Waals surface area contributed by atoms with E-state index in [1.165, 1.54) is 0 Å². The first kappa shape index (κ1) is 17.4. The summed E-state index contributed by atoms with van der Waals surface area (Å²) in [7, 11) is 0. The van der Waals surface area contributed by atoms with Crippen LogP contribution in [0.1, 0.15) is 33.0 Å². The SMILES string of the molecule is CCCc1nc2ccccc2n1CC(O)CN1CC(C)OC(C)C1. The number of benzene rings is 1. The first-order valence-electron chi connectivity index (χ1n) is 9.06. The van der Waals surface area contributed by atoms with Crippen molar-refractivity contribution in [3.8, 4) is 0 Å². The number of nitrogens with zero attached hydrogens (tertiary/aromatic N) is 3. The van der Waals surface area contributed by atoms with Crippen molar-refractivity contribution in [3.63, 3.8) is 0 Å². The van der Waals surface area contributed by atoms with Gasteiger partial charge in [-0.25, -0.2) is 4.98 Å². The van der Waals surface area contributed by atoms with Gasteiger partial charge in [-0.05, 0) is 32.4 Å². The monoisotopic (exact) mass is 331 g/mol. The fourth-order valence-electron chi connectivity index (χ4n) is 3.74. The average Bonchev–Trinajstić information content (AvgIpc) is 2.84. The summed E-state index contributed by atoms with van der Waals surface area (Å²) in [5, 5.41) is 10.7. The number of hydrogen-bond acceptors (Lipinski definition) is 4. The van der Waals surface area contributed by atoms with Gasteiger partial charge < -0.3 is 14.4 Å². The quantitative estimate of drug-likeness (QED) is 0.883. The minimum absolute atomic E-state index is 0.227. The first-order valence-corrected chi connectivity index (χ1v) is 9.06. The van der Waals surface area contributed by atoms with Crippen molar-refractivity contribution in [2.45, 2.75) is 58.5 Å². The Balaban J connectivity index is 1.72. The van der Waals surface area contributed by atoms with E-state index in [-0.39, 0.29) is 12.2 Å². The molecule has 5 heteroatoms. The van der Waals surface area contributed by atoms with E-state index in [0.29, 0.717) is 13.1 Å². The highest BCUT2D eigenvalue weighted by molar-refractivity contribution is 5.75. The Morgan fingerprint density at radius 3 is 2.62 bits per heavy atom. The number of morpholine rings is 1. The number of β-amino-alcohol motifs (C(OH)–C–C–N with tert-alkyl or cyclic N) is 1. The van der Waals surface area contributed by atoms with Crippen molar-refractivity contribution in [3.05, 3.63) is 30.1 Å². The van der Waals surface area contributed by atoms with Crippen LogP contribution in [0.3, 0.4) is 0 Å². The lowest BCUT2D eigenvalue weighted by molar-refractivity contribution is -0.0772. The summed E-state index contributed by atoms with van der Waals surface area (Å²) in [6.07, 6.45) is 2.04. The van der Waals surface area contributed by atoms with Gasteiger partial charge in [0.05, 0.1) is 35.9 Å². The molecule has 0 saturated carbocycles. The molecule has 1 aromatic carbocycles. The Bertz CT molecular complexity index is 660. The number of hydrogen-bond donors (Lipinski definition) is 1. The van der Waals surface area contributed by atoms with E-state index in [1.807, 2.05) is 18.2 Å². The predicted molar refractivity (Wildman–Crippen MR) is 96.2 cm³/mol. The fraction of sp³-hybridized carbons (Fsp3) is 0.632. The molecule has 2 aromatic rings. The predicted octanol–water partition coefficient (Wildman–Crippen LogP) is 2.46. The summed E-state index contributed by atoms with van der Waals surface area (Å²) >= 11 is 0. The van der Waals surface area contributed by atoms with Gasteiger partial charge in [-0.1, -0.05) is 19.1 Å². The number of imidazole rings is 1. The van der Waals surface area contributed by atoms with Crippen LogP contribution < -0.4 is 0 Å². The molecule has 5 nitrogen and oxygen atoms in total. The van der Waals surface area contributed by atoms with Crippen LogP contribution in [0.5, 0.6) is 0 Å². The highest BCUT2D eigenvalue weighted by Gasteiger charge is 2.24. The van der Waals surface area contributed by atoms with Crippen LogP contribution in [-0.4, -0.2) is 57.5 Å². The minimum atomic E-state index is -0.407. The summed E-state index contributed by atoms with van der Waals surface area (Å²) in [6, 6.07) is 8.19. The second-order valence-corrected chi connectivity index (χ2v) is 7.01. The van der Waals surface area contributed by atoms with Crippen LogP contribution in [0.25, 0.3) is 11.0 Å². The number of fused-ring (bicyclic) bond motifs is 1. The summed E-state index contributed by atoms with van der Waals surface area (Å²) in [5.41, 5.74) is 2.13. The average molecular weight is 331 g/mol. The van der Waals surface area contributed by atoms with Crippen LogP contribution in [0.2, 0.25) is 0 Å². The Hall–Kier alpha value is -1.43. The van der Waals surface area contributed by atoms with Gasteiger partial charge in [0.25, 0.3) is 0 Å². The molecule has 3 atom stereocenters. The van der Waals surface area contributed by atoms with Gasteiger partial charge >= 0.3 is 0 Å². The normalized spacial score (nSPS) is 23.7. The second kappa shape index (κ2) is 7.64. The molecule has 132 valence electrons. The lowest BCUT2D eigenvalue weighted by atomic mass is 10.2. The minimum Gasteiger partial charge on any atom is -0.390 e. The molecule has 0 bridgehead atoms. The third kappa shape index (κ3) is 3.97. The zero-order valence-corrected chi connectivity index (χ0v) is 15.0. The van der Waals surface area contributed by atoms with E-state index in [1.54, 1.807) is 0 Å². The zero-order valence-electron chi connectivity index (χ0n) is 15.0. The van der Waals surface area contributed by atoms with Crippen LogP contribution in [0.15, 0.2) is 24.3 Å². The number of aryl methyl sites for hydroxylation is 1. The summed E-state index contributed by atoms with van der Waals surface area (Å²) < 4.78 is 7.97. The lowest BCUT2D eigenvalue weighted by Crippen LogP contribution is -2.48. The Kier molecular flexibility index (Phi) is 5.54. The van der Waals surface area contributed by atoms with E-state index in [2.05, 4.69) is 36.3 Å². The highest BCUT2D eigenvalue weighted by Crippen LogP contribution is 2.18. The van der Waals surface area contributed by atoms with Gasteiger partial charge in [-0.3, -0.25) is 4.90 Å². The Morgan fingerprint density at radius 2 is 1.92 bits per heavy atom. The molecule has 0 radical (unpaired) electrons. The molecule has 1 saturated heterocycles. The van der Waals surface area contributed by atoms with E-state index < -0.39 is 6.10 Å². The number of aliphatic hydroxyl groups is 1. The number of ether oxygens (including phenoxy) is 1. The van der Waals surface area contributed by atoms with Gasteiger partial charge in [0, 0.05) is 26.1 Å². The number of aromatic nitrogens is 2. The largest absolute Gasteiger partial charge is 0.390 e. The molecule has 0 amide bonds. The smallest absolute Gasteiger partial charge is 0.109 e. The molecule has 1 fully saturated rings. The molecule has 0 aliphatic carbocycles. The maximum atomic E-state index is 10.7. The Labute approximate surface area is 144 Å². The molecule has 3 unspecified atom stereocenters. The summed E-state index contributed by atoms with van der Waals surface area (Å²) in [6.45, 7) is 9.39. The van der Waals surface area contributed by atoms with E-state index in [0.717, 1.165) is 42.8 Å². The maximum Gasteiger partial charge on any atom is 0.109 e. The van der Waals surface area contributed by atoms with E-state index >= 15 is 0 Å². The van der Waals surface area contributed by atoms with E-state index in [4.69, 9.17) is 9.72 Å². The highest BCUT2D eigenvalue weighted by atomic mass is 16.5. The third-order valence-corrected chi connectivity index (χ3v) is 4.56. The molecule has 1 aliphatic heterocycles. The topological polar surface area (TPSA) is 50.5 Å². The lowest BCUT2D eigenvalue weighted by Gasteiger charge is -2.36. The van der Waals surface area contributed by atoms with E-state index in [9.17, 15) is 5.11 Å². The molecule has 2 heterocycles. The molecular weight excluding hydrogens is 302 g/mol. The van der Waals surface area contributed by atoms with Crippen LogP contribution in [0.4, 0.5) is 0 Å². The van der Waals surface area contributed by atoms with Crippen LogP contribution in [-0.2, 0) is 17.7 Å². The summed E-state index contributed by atoms with van der Waals surface area (Å²) in [5.74, 6) is 1.07. The van der Waals surface area contributed by atoms with Crippen molar-refractivity contribution in [2.24, 2.45) is 0 Å². The molecule has 1 N–H and O–H groups in total. The fourth-order valence-corrected chi connectivity index (χ4v) is 3.74. The van der Waals surface area contributed by atoms with Crippen molar-refractivity contribution in [1.82, 2.24) is 14.5 Å².